The molecule has 1 saturated heterocycles. The first-order valence-electron chi connectivity index (χ1n) is 9.59. The summed E-state index contributed by atoms with van der Waals surface area (Å²) in [6, 6.07) is -0.792. The second kappa shape index (κ2) is 8.13. The lowest BCUT2D eigenvalue weighted by Crippen LogP contribution is -2.61. The van der Waals surface area contributed by atoms with Crippen molar-refractivity contribution in [3.63, 3.8) is 0 Å². The van der Waals surface area contributed by atoms with Crippen molar-refractivity contribution in [3.05, 3.63) is 30.6 Å². The summed E-state index contributed by atoms with van der Waals surface area (Å²) in [6.45, 7) is 10.7. The van der Waals surface area contributed by atoms with Gasteiger partial charge in [0.1, 0.15) is 17.4 Å². The standard InChI is InChI=1S/C20H26N6O4/c1-6-15(27)26-8-7-25(11-20(26,3)4)14-10-22-17-16(24-14)13(9-21-17)18(28)23-12(2)19(29)30-5/h6,9-10,12H,1,7-8,11H2,2-5H3,(H,21,22)(H,23,28)/t12-/m0/s1. The molecule has 2 amide bonds. The number of nitrogens with zero attached hydrogens (tertiary/aromatic N) is 4. The van der Waals surface area contributed by atoms with Crippen LogP contribution < -0.4 is 10.2 Å². The molecule has 0 saturated carbocycles. The van der Waals surface area contributed by atoms with Crippen LogP contribution in [0.1, 0.15) is 31.1 Å². The lowest BCUT2D eigenvalue weighted by atomic mass is 9.98. The first-order valence-corrected chi connectivity index (χ1v) is 9.59. The van der Waals surface area contributed by atoms with Crippen LogP contribution in [-0.2, 0) is 14.3 Å². The maximum absolute atomic E-state index is 12.6. The van der Waals surface area contributed by atoms with Crippen LogP contribution in [0.25, 0.3) is 11.2 Å². The Balaban J connectivity index is 1.85. The van der Waals surface area contributed by atoms with Gasteiger partial charge in [-0.3, -0.25) is 9.59 Å². The van der Waals surface area contributed by atoms with Crippen LogP contribution in [0, 0.1) is 0 Å². The second-order valence-electron chi connectivity index (χ2n) is 7.77. The lowest BCUT2D eigenvalue weighted by Gasteiger charge is -2.47. The fourth-order valence-electron chi connectivity index (χ4n) is 3.59. The highest BCUT2D eigenvalue weighted by molar-refractivity contribution is 6.05. The fourth-order valence-corrected chi connectivity index (χ4v) is 3.59. The van der Waals surface area contributed by atoms with E-state index in [4.69, 9.17) is 0 Å². The van der Waals surface area contributed by atoms with Crippen LogP contribution >= 0.6 is 0 Å². The van der Waals surface area contributed by atoms with Gasteiger partial charge in [-0.2, -0.15) is 0 Å². The van der Waals surface area contributed by atoms with E-state index in [1.54, 1.807) is 18.0 Å². The van der Waals surface area contributed by atoms with Crippen molar-refractivity contribution in [1.82, 2.24) is 25.2 Å². The SMILES string of the molecule is C=CC(=O)N1CCN(c2cnc3[nH]cc(C(=O)N[C@@H](C)C(=O)OC)c3n2)CC1(C)C. The minimum absolute atomic E-state index is 0.106. The largest absolute Gasteiger partial charge is 0.467 e. The van der Waals surface area contributed by atoms with Crippen molar-refractivity contribution in [3.8, 4) is 0 Å². The molecular formula is C20H26N6O4. The van der Waals surface area contributed by atoms with E-state index < -0.39 is 23.5 Å². The van der Waals surface area contributed by atoms with E-state index in [0.29, 0.717) is 36.6 Å². The lowest BCUT2D eigenvalue weighted by molar-refractivity contribution is -0.142. The van der Waals surface area contributed by atoms with Crippen molar-refractivity contribution in [2.45, 2.75) is 32.4 Å². The number of hydrogen-bond donors (Lipinski definition) is 2. The Morgan fingerprint density at radius 3 is 2.73 bits per heavy atom. The van der Waals surface area contributed by atoms with E-state index in [2.05, 4.69) is 31.6 Å². The number of aromatic amines is 1. The summed E-state index contributed by atoms with van der Waals surface area (Å²) in [5.74, 6) is -0.488. The van der Waals surface area contributed by atoms with Crippen molar-refractivity contribution in [1.29, 1.82) is 0 Å². The summed E-state index contributed by atoms with van der Waals surface area (Å²) < 4.78 is 4.64. The molecule has 30 heavy (non-hydrogen) atoms. The molecular weight excluding hydrogens is 388 g/mol. The molecule has 1 atom stereocenters. The summed E-state index contributed by atoms with van der Waals surface area (Å²) in [5, 5.41) is 2.59. The Morgan fingerprint density at radius 2 is 2.10 bits per heavy atom. The number of ether oxygens (including phenoxy) is 1. The zero-order chi connectivity index (χ0) is 22.1. The first kappa shape index (κ1) is 21.3. The van der Waals surface area contributed by atoms with Gasteiger partial charge in [0, 0.05) is 25.8 Å². The number of carbonyl (C=O) groups is 3. The number of fused-ring (bicyclic) bond motifs is 1. The highest BCUT2D eigenvalue weighted by Crippen LogP contribution is 2.26. The number of methoxy groups -OCH3 is 1. The van der Waals surface area contributed by atoms with Crippen LogP contribution in [0.2, 0.25) is 0 Å². The van der Waals surface area contributed by atoms with Gasteiger partial charge in [0.25, 0.3) is 5.91 Å². The van der Waals surface area contributed by atoms with Crippen molar-refractivity contribution in [2.24, 2.45) is 0 Å². The summed E-state index contributed by atoms with van der Waals surface area (Å²) in [7, 11) is 1.26. The number of anilines is 1. The topological polar surface area (TPSA) is 121 Å². The third kappa shape index (κ3) is 3.98. The Bertz CT molecular complexity index is 998. The van der Waals surface area contributed by atoms with E-state index in [9.17, 15) is 14.4 Å². The molecule has 1 fully saturated rings. The number of esters is 1. The molecule has 1 aliphatic heterocycles. The third-order valence-corrected chi connectivity index (χ3v) is 5.18. The van der Waals surface area contributed by atoms with E-state index in [-0.39, 0.29) is 11.5 Å². The van der Waals surface area contributed by atoms with Gasteiger partial charge < -0.3 is 24.8 Å². The molecule has 0 radical (unpaired) electrons. The van der Waals surface area contributed by atoms with E-state index in [1.165, 1.54) is 19.4 Å². The Hall–Kier alpha value is -3.43. The fraction of sp³-hybridized carbons (Fsp3) is 0.450. The summed E-state index contributed by atoms with van der Waals surface area (Å²) in [5.41, 5.74) is 0.739. The van der Waals surface area contributed by atoms with Crippen LogP contribution in [0.4, 0.5) is 5.82 Å². The quantitative estimate of drug-likeness (QED) is 0.550. The molecule has 2 aromatic rings. The predicted octanol–water partition coefficient (Wildman–Crippen LogP) is 0.862. The zero-order valence-electron chi connectivity index (χ0n) is 17.6. The molecule has 0 unspecified atom stereocenters. The van der Waals surface area contributed by atoms with Crippen LogP contribution in [0.3, 0.4) is 0 Å². The molecule has 10 heteroatoms. The second-order valence-corrected chi connectivity index (χ2v) is 7.77. The van der Waals surface area contributed by atoms with Gasteiger partial charge in [-0.25, -0.2) is 14.8 Å². The average molecular weight is 414 g/mol. The van der Waals surface area contributed by atoms with Crippen molar-refractivity contribution >= 4 is 34.8 Å². The Labute approximate surface area is 174 Å². The number of piperazine rings is 1. The molecule has 2 aromatic heterocycles. The summed E-state index contributed by atoms with van der Waals surface area (Å²) in [6.07, 6.45) is 4.47. The number of amides is 2. The van der Waals surface area contributed by atoms with Crippen LogP contribution in [0.5, 0.6) is 0 Å². The predicted molar refractivity (Wildman–Crippen MR) is 111 cm³/mol. The highest BCUT2D eigenvalue weighted by atomic mass is 16.5. The van der Waals surface area contributed by atoms with Gasteiger partial charge >= 0.3 is 5.97 Å². The molecule has 0 aliphatic carbocycles. The van der Waals surface area contributed by atoms with E-state index in [1.807, 2.05) is 18.7 Å². The number of aromatic nitrogens is 3. The maximum atomic E-state index is 12.6. The van der Waals surface area contributed by atoms with Crippen molar-refractivity contribution < 1.29 is 19.1 Å². The zero-order valence-corrected chi connectivity index (χ0v) is 17.6. The molecule has 3 rings (SSSR count). The monoisotopic (exact) mass is 414 g/mol. The molecule has 2 N–H and O–H groups in total. The van der Waals surface area contributed by atoms with Gasteiger partial charge in [-0.15, -0.1) is 0 Å². The summed E-state index contributed by atoms with van der Waals surface area (Å²) >= 11 is 0. The molecule has 1 aliphatic rings. The van der Waals surface area contributed by atoms with E-state index in [0.717, 1.165) is 0 Å². The van der Waals surface area contributed by atoms with Crippen LogP contribution in [0.15, 0.2) is 25.0 Å². The molecule has 10 nitrogen and oxygen atoms in total. The Morgan fingerprint density at radius 1 is 1.37 bits per heavy atom. The molecule has 0 aromatic carbocycles. The van der Waals surface area contributed by atoms with Gasteiger partial charge in [-0.05, 0) is 26.8 Å². The number of carbonyl (C=O) groups excluding carboxylic acids is 3. The average Bonchev–Trinajstić information content (AvgIpc) is 3.15. The highest BCUT2D eigenvalue weighted by Gasteiger charge is 2.36. The first-order chi connectivity index (χ1) is 14.2. The minimum atomic E-state index is -0.792. The molecule has 0 bridgehead atoms. The summed E-state index contributed by atoms with van der Waals surface area (Å²) in [4.78, 5) is 52.1. The third-order valence-electron chi connectivity index (χ3n) is 5.18. The van der Waals surface area contributed by atoms with E-state index >= 15 is 0 Å². The van der Waals surface area contributed by atoms with Gasteiger partial charge in [0.2, 0.25) is 5.91 Å². The van der Waals surface area contributed by atoms with Gasteiger partial charge in [0.05, 0.1) is 24.4 Å². The minimum Gasteiger partial charge on any atom is -0.467 e. The van der Waals surface area contributed by atoms with Crippen LogP contribution in [-0.4, -0.2) is 76.0 Å². The van der Waals surface area contributed by atoms with Gasteiger partial charge in [0.15, 0.2) is 5.65 Å². The molecule has 0 spiro atoms. The number of H-pyrrole nitrogens is 1. The molecule has 3 heterocycles. The number of nitrogens with one attached hydrogen (secondary N) is 2. The Kier molecular flexibility index (Phi) is 5.77. The smallest absolute Gasteiger partial charge is 0.328 e. The van der Waals surface area contributed by atoms with Gasteiger partial charge in [-0.1, -0.05) is 6.58 Å². The van der Waals surface area contributed by atoms with Crippen molar-refractivity contribution in [2.75, 3.05) is 31.6 Å². The maximum Gasteiger partial charge on any atom is 0.328 e. The normalized spacial score (nSPS) is 16.8. The molecule has 160 valence electrons. The number of rotatable bonds is 5. The number of hydrogen-bond acceptors (Lipinski definition) is 7.